The van der Waals surface area contributed by atoms with Gasteiger partial charge in [-0.1, -0.05) is 6.42 Å². The van der Waals surface area contributed by atoms with Crippen LogP contribution >= 0.6 is 0 Å². The molecule has 178 valence electrons. The third kappa shape index (κ3) is 4.46. The van der Waals surface area contributed by atoms with E-state index in [0.29, 0.717) is 36.3 Å². The summed E-state index contributed by atoms with van der Waals surface area (Å²) in [6.07, 6.45) is 10.7. The van der Waals surface area contributed by atoms with Crippen molar-refractivity contribution in [3.63, 3.8) is 0 Å². The van der Waals surface area contributed by atoms with Crippen LogP contribution in [0.25, 0.3) is 17.5 Å². The van der Waals surface area contributed by atoms with Gasteiger partial charge in [0.25, 0.3) is 0 Å². The maximum atomic E-state index is 12.8. The number of aromatic amines is 1. The minimum Gasteiger partial charge on any atom is -0.486 e. The summed E-state index contributed by atoms with van der Waals surface area (Å²) in [6, 6.07) is 7.59. The number of carbonyl (C=O) groups is 1. The molecule has 4 aromatic rings. The summed E-state index contributed by atoms with van der Waals surface area (Å²) < 4.78 is 17.1. The number of rotatable bonds is 7. The summed E-state index contributed by atoms with van der Waals surface area (Å²) in [4.78, 5) is 19.2. The molecule has 1 saturated carbocycles. The van der Waals surface area contributed by atoms with Gasteiger partial charge in [0.1, 0.15) is 30.1 Å². The Morgan fingerprint density at radius 1 is 1.26 bits per heavy atom. The first-order valence-corrected chi connectivity index (χ1v) is 11.7. The molecule has 1 aliphatic heterocycles. The first-order chi connectivity index (χ1) is 17.2. The molecule has 0 radical (unpaired) electrons. The minimum absolute atomic E-state index is 0.0668. The third-order valence-corrected chi connectivity index (χ3v) is 6.54. The van der Waals surface area contributed by atoms with Crippen LogP contribution in [0.15, 0.2) is 51.7 Å². The van der Waals surface area contributed by atoms with Crippen molar-refractivity contribution in [3.05, 3.63) is 71.3 Å². The van der Waals surface area contributed by atoms with E-state index < -0.39 is 0 Å². The predicted octanol–water partition coefficient (Wildman–Crippen LogP) is 3.89. The Labute approximate surface area is 201 Å². The molecule has 4 heterocycles. The Hall–Kier alpha value is -4.21. The standard InChI is InChI=1S/C25H24N6O4/c32-23(7-6-20-5-2-10-33-20)31-9-8-17-11-21(24-27-29-30-28-24)22(12-18(17)13-31)34-14-19-15-35-25(26-19)16-3-1-4-16/h2,5-7,10-12,15-16H,1,3-4,8-9,13-14H2,(H,27,28,29,30)/b7-6+. The van der Waals surface area contributed by atoms with E-state index in [4.69, 9.17) is 13.6 Å². The Morgan fingerprint density at radius 3 is 2.97 bits per heavy atom. The number of aromatic nitrogens is 5. The van der Waals surface area contributed by atoms with Crippen molar-refractivity contribution in [1.29, 1.82) is 0 Å². The van der Waals surface area contributed by atoms with Crippen molar-refractivity contribution in [2.24, 2.45) is 0 Å². The quantitative estimate of drug-likeness (QED) is 0.402. The lowest BCUT2D eigenvalue weighted by atomic mass is 9.85. The van der Waals surface area contributed by atoms with Crippen molar-refractivity contribution < 1.29 is 18.4 Å². The van der Waals surface area contributed by atoms with Crippen LogP contribution in [-0.2, 0) is 24.4 Å². The fraction of sp³-hybridized carbons (Fsp3) is 0.320. The average Bonchev–Trinajstić information content (AvgIpc) is 3.62. The topological polar surface area (TPSA) is 123 Å². The molecule has 0 unspecified atom stereocenters. The molecule has 1 aromatic carbocycles. The lowest BCUT2D eigenvalue weighted by molar-refractivity contribution is -0.126. The van der Waals surface area contributed by atoms with Gasteiger partial charge in [-0.05, 0) is 65.9 Å². The molecule has 0 saturated heterocycles. The molecule has 3 aromatic heterocycles. The number of hydrogen-bond donors (Lipinski definition) is 1. The molecule has 2 aliphatic rings. The van der Waals surface area contributed by atoms with Gasteiger partial charge in [-0.3, -0.25) is 4.79 Å². The molecule has 1 fully saturated rings. The normalized spacial score (nSPS) is 15.8. The molecule has 10 nitrogen and oxygen atoms in total. The van der Waals surface area contributed by atoms with Gasteiger partial charge in [0.15, 0.2) is 5.89 Å². The minimum atomic E-state index is -0.0668. The van der Waals surface area contributed by atoms with Gasteiger partial charge in [0.2, 0.25) is 11.7 Å². The summed E-state index contributed by atoms with van der Waals surface area (Å²) in [5.41, 5.74) is 3.64. The number of hydrogen-bond acceptors (Lipinski definition) is 8. The third-order valence-electron chi connectivity index (χ3n) is 6.54. The molecule has 35 heavy (non-hydrogen) atoms. The highest BCUT2D eigenvalue weighted by molar-refractivity contribution is 5.91. The highest BCUT2D eigenvalue weighted by Crippen LogP contribution is 2.36. The zero-order valence-electron chi connectivity index (χ0n) is 19.0. The zero-order chi connectivity index (χ0) is 23.6. The maximum absolute atomic E-state index is 12.8. The second-order valence-corrected chi connectivity index (χ2v) is 8.80. The van der Waals surface area contributed by atoms with Crippen LogP contribution in [0, 0.1) is 0 Å². The number of fused-ring (bicyclic) bond motifs is 1. The molecule has 1 amide bonds. The number of oxazole rings is 1. The number of nitrogens with one attached hydrogen (secondary N) is 1. The highest BCUT2D eigenvalue weighted by atomic mass is 16.5. The van der Waals surface area contributed by atoms with Gasteiger partial charge < -0.3 is 18.5 Å². The Balaban J connectivity index is 1.22. The van der Waals surface area contributed by atoms with E-state index in [2.05, 4.69) is 25.6 Å². The highest BCUT2D eigenvalue weighted by Gasteiger charge is 2.25. The second kappa shape index (κ2) is 9.21. The summed E-state index contributed by atoms with van der Waals surface area (Å²) in [6.45, 7) is 1.35. The van der Waals surface area contributed by atoms with E-state index >= 15 is 0 Å². The van der Waals surface area contributed by atoms with Gasteiger partial charge >= 0.3 is 0 Å². The Kier molecular flexibility index (Phi) is 5.61. The molecule has 10 heteroatoms. The lowest BCUT2D eigenvalue weighted by Crippen LogP contribution is -2.34. The van der Waals surface area contributed by atoms with Gasteiger partial charge in [0, 0.05) is 25.1 Å². The van der Waals surface area contributed by atoms with E-state index in [1.54, 1.807) is 30.7 Å². The number of nitrogens with zero attached hydrogens (tertiary/aromatic N) is 5. The van der Waals surface area contributed by atoms with Gasteiger partial charge in [0.05, 0.1) is 11.8 Å². The number of H-pyrrole nitrogens is 1. The van der Waals surface area contributed by atoms with E-state index in [-0.39, 0.29) is 12.5 Å². The van der Waals surface area contributed by atoms with E-state index in [1.807, 2.05) is 23.1 Å². The zero-order valence-corrected chi connectivity index (χ0v) is 19.0. The van der Waals surface area contributed by atoms with Crippen LogP contribution in [0.2, 0.25) is 0 Å². The van der Waals surface area contributed by atoms with E-state index in [1.165, 1.54) is 6.42 Å². The number of furan rings is 1. The van der Waals surface area contributed by atoms with Gasteiger partial charge in [-0.25, -0.2) is 4.98 Å². The smallest absolute Gasteiger partial charge is 0.246 e. The predicted molar refractivity (Wildman–Crippen MR) is 124 cm³/mol. The van der Waals surface area contributed by atoms with Crippen LogP contribution in [0.5, 0.6) is 5.75 Å². The van der Waals surface area contributed by atoms with Gasteiger partial charge in [-0.2, -0.15) is 5.21 Å². The average molecular weight is 473 g/mol. The Bertz CT molecular complexity index is 1340. The SMILES string of the molecule is O=C(/C=C/c1ccco1)N1CCc2cc(-c3nn[nH]n3)c(OCc3coc(C4CCC4)n3)cc2C1. The second-order valence-electron chi connectivity index (χ2n) is 8.80. The number of amides is 1. The van der Waals surface area contributed by atoms with Crippen LogP contribution in [0.3, 0.4) is 0 Å². The van der Waals surface area contributed by atoms with E-state index in [0.717, 1.165) is 47.5 Å². The van der Waals surface area contributed by atoms with Crippen molar-refractivity contribution in [1.82, 2.24) is 30.5 Å². The fourth-order valence-electron chi connectivity index (χ4n) is 4.37. The molecule has 1 N–H and O–H groups in total. The number of carbonyl (C=O) groups excluding carboxylic acids is 1. The van der Waals surface area contributed by atoms with Crippen molar-refractivity contribution in [2.45, 2.75) is 44.8 Å². The summed E-state index contributed by atoms with van der Waals surface area (Å²) in [5.74, 6) is 2.85. The Morgan fingerprint density at radius 2 is 2.20 bits per heavy atom. The van der Waals surface area contributed by atoms with Crippen LogP contribution in [-0.4, -0.2) is 43.0 Å². The van der Waals surface area contributed by atoms with Crippen LogP contribution in [0.1, 0.15) is 53.7 Å². The van der Waals surface area contributed by atoms with Crippen LogP contribution in [0.4, 0.5) is 0 Å². The summed E-state index contributed by atoms with van der Waals surface area (Å²) >= 11 is 0. The molecular formula is C25H24N6O4. The number of tetrazole rings is 1. The molecular weight excluding hydrogens is 448 g/mol. The van der Waals surface area contributed by atoms with Crippen molar-refractivity contribution in [3.8, 4) is 17.1 Å². The van der Waals surface area contributed by atoms with Crippen molar-refractivity contribution >= 4 is 12.0 Å². The molecule has 0 bridgehead atoms. The van der Waals surface area contributed by atoms with Crippen LogP contribution < -0.4 is 4.74 Å². The monoisotopic (exact) mass is 472 g/mol. The van der Waals surface area contributed by atoms with Gasteiger partial charge in [-0.15, -0.1) is 10.2 Å². The summed E-state index contributed by atoms with van der Waals surface area (Å²) in [5, 5.41) is 14.5. The van der Waals surface area contributed by atoms with Crippen molar-refractivity contribution in [2.75, 3.05) is 6.54 Å². The van der Waals surface area contributed by atoms with E-state index in [9.17, 15) is 4.79 Å². The largest absolute Gasteiger partial charge is 0.486 e. The number of ether oxygens (including phenoxy) is 1. The first kappa shape index (κ1) is 21.3. The number of benzene rings is 1. The lowest BCUT2D eigenvalue weighted by Gasteiger charge is -2.29. The molecule has 1 aliphatic carbocycles. The maximum Gasteiger partial charge on any atom is 0.246 e. The first-order valence-electron chi connectivity index (χ1n) is 11.7. The summed E-state index contributed by atoms with van der Waals surface area (Å²) in [7, 11) is 0. The molecule has 0 atom stereocenters. The fourth-order valence-corrected chi connectivity index (χ4v) is 4.37. The molecule has 6 rings (SSSR count). The molecule has 0 spiro atoms.